The van der Waals surface area contributed by atoms with E-state index in [2.05, 4.69) is 10.3 Å². The lowest BCUT2D eigenvalue weighted by Gasteiger charge is -2.07. The molecular weight excluding hydrogens is 230 g/mol. The minimum atomic E-state index is -0.372. The van der Waals surface area contributed by atoms with Crippen molar-refractivity contribution < 1.29 is 9.90 Å². The van der Waals surface area contributed by atoms with Crippen molar-refractivity contribution >= 4 is 17.3 Å². The summed E-state index contributed by atoms with van der Waals surface area (Å²) >= 11 is 0. The van der Waals surface area contributed by atoms with Crippen LogP contribution in [0.4, 0.5) is 11.4 Å². The van der Waals surface area contributed by atoms with Crippen LogP contribution < -0.4 is 11.1 Å². The topological polar surface area (TPSA) is 88.2 Å². The fraction of sp³-hybridized carbons (Fsp3) is 0.0769. The van der Waals surface area contributed by atoms with Gasteiger partial charge in [-0.2, -0.15) is 0 Å². The molecule has 2 rings (SSSR count). The molecule has 0 saturated heterocycles. The number of amides is 1. The quantitative estimate of drug-likeness (QED) is 0.760. The molecule has 0 bridgehead atoms. The Hall–Kier alpha value is -2.40. The normalized spacial score (nSPS) is 10.1. The van der Waals surface area contributed by atoms with Crippen molar-refractivity contribution in [3.05, 3.63) is 53.9 Å². The number of nitrogens with zero attached hydrogens (tertiary/aromatic N) is 1. The second kappa shape index (κ2) is 5.29. The van der Waals surface area contributed by atoms with Crippen molar-refractivity contribution in [1.82, 2.24) is 4.98 Å². The summed E-state index contributed by atoms with van der Waals surface area (Å²) in [5, 5.41) is 11.7. The summed E-state index contributed by atoms with van der Waals surface area (Å²) in [7, 11) is 0. The number of pyridine rings is 1. The maximum atomic E-state index is 11.9. The molecule has 18 heavy (non-hydrogen) atoms. The molecule has 0 spiro atoms. The molecule has 0 unspecified atom stereocenters. The van der Waals surface area contributed by atoms with Crippen molar-refractivity contribution in [2.75, 3.05) is 11.1 Å². The number of rotatable bonds is 3. The van der Waals surface area contributed by atoms with Crippen LogP contribution in [-0.4, -0.2) is 16.0 Å². The molecule has 92 valence electrons. The Kier molecular flexibility index (Phi) is 3.54. The molecule has 0 radical (unpaired) electrons. The van der Waals surface area contributed by atoms with Gasteiger partial charge in [0, 0.05) is 11.9 Å². The summed E-state index contributed by atoms with van der Waals surface area (Å²) in [6.07, 6.45) is 1.51. The highest BCUT2D eigenvalue weighted by atomic mass is 16.3. The molecule has 1 amide bonds. The Morgan fingerprint density at radius 2 is 2.17 bits per heavy atom. The number of hydrogen-bond donors (Lipinski definition) is 3. The second-order valence-electron chi connectivity index (χ2n) is 3.75. The first-order chi connectivity index (χ1) is 8.70. The molecule has 0 saturated carbocycles. The highest BCUT2D eigenvalue weighted by Gasteiger charge is 2.10. The van der Waals surface area contributed by atoms with Crippen molar-refractivity contribution in [2.45, 2.75) is 6.61 Å². The van der Waals surface area contributed by atoms with E-state index in [-0.39, 0.29) is 18.2 Å². The number of benzene rings is 1. The van der Waals surface area contributed by atoms with E-state index in [1.165, 1.54) is 6.20 Å². The number of aliphatic hydroxyl groups excluding tert-OH is 1. The minimum absolute atomic E-state index is 0.0740. The monoisotopic (exact) mass is 243 g/mol. The minimum Gasteiger partial charge on any atom is -0.397 e. The third kappa shape index (κ3) is 2.64. The highest BCUT2D eigenvalue weighted by molar-refractivity contribution is 6.06. The number of nitrogens with two attached hydrogens (primary N) is 1. The predicted octanol–water partition coefficient (Wildman–Crippen LogP) is 1.41. The first-order valence-corrected chi connectivity index (χ1v) is 5.42. The van der Waals surface area contributed by atoms with Crippen LogP contribution in [0.2, 0.25) is 0 Å². The molecule has 0 aliphatic carbocycles. The largest absolute Gasteiger partial charge is 0.397 e. The van der Waals surface area contributed by atoms with Gasteiger partial charge in [-0.15, -0.1) is 0 Å². The van der Waals surface area contributed by atoms with E-state index in [9.17, 15) is 4.79 Å². The van der Waals surface area contributed by atoms with Crippen LogP contribution in [0.5, 0.6) is 0 Å². The van der Waals surface area contributed by atoms with Gasteiger partial charge in [0.2, 0.25) is 0 Å². The summed E-state index contributed by atoms with van der Waals surface area (Å²) in [5.74, 6) is -0.372. The van der Waals surface area contributed by atoms with E-state index in [1.54, 1.807) is 36.4 Å². The number of nitrogens with one attached hydrogen (secondary N) is 1. The lowest BCUT2D eigenvalue weighted by molar-refractivity contribution is 0.102. The van der Waals surface area contributed by atoms with Crippen molar-refractivity contribution in [2.24, 2.45) is 0 Å². The van der Waals surface area contributed by atoms with E-state index in [1.807, 2.05) is 0 Å². The van der Waals surface area contributed by atoms with Crippen LogP contribution in [0.15, 0.2) is 42.6 Å². The van der Waals surface area contributed by atoms with Crippen molar-refractivity contribution in [1.29, 1.82) is 0 Å². The standard InChI is InChI=1S/C13H13N3O2/c14-11-5-2-6-15-12(11)13(18)16-10-4-1-3-9(7-10)8-17/h1-7,17H,8,14H2,(H,16,18). The highest BCUT2D eigenvalue weighted by Crippen LogP contribution is 2.14. The molecule has 5 nitrogen and oxygen atoms in total. The summed E-state index contributed by atoms with van der Waals surface area (Å²) in [5.41, 5.74) is 7.50. The molecule has 0 atom stereocenters. The van der Waals surface area contributed by atoms with Crippen LogP contribution in [0.3, 0.4) is 0 Å². The number of hydrogen-bond acceptors (Lipinski definition) is 4. The van der Waals surface area contributed by atoms with Gasteiger partial charge in [0.1, 0.15) is 0 Å². The van der Waals surface area contributed by atoms with Crippen LogP contribution in [0.1, 0.15) is 16.1 Å². The molecule has 1 heterocycles. The molecule has 0 aliphatic heterocycles. The summed E-state index contributed by atoms with van der Waals surface area (Å²) in [6.45, 7) is -0.0740. The maximum Gasteiger partial charge on any atom is 0.276 e. The summed E-state index contributed by atoms with van der Waals surface area (Å²) in [4.78, 5) is 15.8. The lowest BCUT2D eigenvalue weighted by Crippen LogP contribution is -2.15. The van der Waals surface area contributed by atoms with Gasteiger partial charge in [-0.1, -0.05) is 12.1 Å². The molecule has 1 aromatic heterocycles. The molecule has 0 aliphatic rings. The molecule has 1 aromatic carbocycles. The van der Waals surface area contributed by atoms with Crippen LogP contribution in [-0.2, 0) is 6.61 Å². The fourth-order valence-corrected chi connectivity index (χ4v) is 1.55. The second-order valence-corrected chi connectivity index (χ2v) is 3.75. The zero-order valence-electron chi connectivity index (χ0n) is 9.63. The van der Waals surface area contributed by atoms with Gasteiger partial charge in [-0.05, 0) is 29.8 Å². The van der Waals surface area contributed by atoms with Gasteiger partial charge in [0.15, 0.2) is 5.69 Å². The number of carbonyl (C=O) groups excluding carboxylic acids is 1. The smallest absolute Gasteiger partial charge is 0.276 e. The maximum absolute atomic E-state index is 11.9. The predicted molar refractivity (Wildman–Crippen MR) is 69.0 cm³/mol. The first-order valence-electron chi connectivity index (χ1n) is 5.42. The van der Waals surface area contributed by atoms with Gasteiger partial charge < -0.3 is 16.2 Å². The number of anilines is 2. The Morgan fingerprint density at radius 3 is 2.89 bits per heavy atom. The van der Waals surface area contributed by atoms with Gasteiger partial charge in [-0.25, -0.2) is 4.98 Å². The zero-order valence-corrected chi connectivity index (χ0v) is 9.63. The number of carbonyl (C=O) groups is 1. The average Bonchev–Trinajstić information content (AvgIpc) is 2.39. The third-order valence-corrected chi connectivity index (χ3v) is 2.42. The SMILES string of the molecule is Nc1cccnc1C(=O)Nc1cccc(CO)c1. The van der Waals surface area contributed by atoms with Crippen LogP contribution in [0, 0.1) is 0 Å². The summed E-state index contributed by atoms with van der Waals surface area (Å²) in [6, 6.07) is 10.2. The Balaban J connectivity index is 2.19. The van der Waals surface area contributed by atoms with E-state index < -0.39 is 0 Å². The van der Waals surface area contributed by atoms with E-state index in [0.29, 0.717) is 11.4 Å². The average molecular weight is 243 g/mol. The van der Waals surface area contributed by atoms with Crippen molar-refractivity contribution in [3.63, 3.8) is 0 Å². The molecule has 4 N–H and O–H groups in total. The van der Waals surface area contributed by atoms with Crippen LogP contribution in [0.25, 0.3) is 0 Å². The Labute approximate surface area is 104 Å². The number of aliphatic hydroxyl groups is 1. The summed E-state index contributed by atoms with van der Waals surface area (Å²) < 4.78 is 0. The zero-order chi connectivity index (χ0) is 13.0. The van der Waals surface area contributed by atoms with Crippen molar-refractivity contribution in [3.8, 4) is 0 Å². The fourth-order valence-electron chi connectivity index (χ4n) is 1.55. The molecule has 5 heteroatoms. The lowest BCUT2D eigenvalue weighted by atomic mass is 10.2. The molecular formula is C13H13N3O2. The molecule has 2 aromatic rings. The number of nitrogen functional groups attached to an aromatic ring is 1. The van der Waals surface area contributed by atoms with Gasteiger partial charge in [-0.3, -0.25) is 4.79 Å². The van der Waals surface area contributed by atoms with E-state index in [4.69, 9.17) is 10.8 Å². The van der Waals surface area contributed by atoms with Gasteiger partial charge >= 0.3 is 0 Å². The van der Waals surface area contributed by atoms with Gasteiger partial charge in [0.05, 0.1) is 12.3 Å². The van der Waals surface area contributed by atoms with E-state index in [0.717, 1.165) is 5.56 Å². The molecule has 0 fully saturated rings. The van der Waals surface area contributed by atoms with Crippen LogP contribution >= 0.6 is 0 Å². The first kappa shape index (κ1) is 12.1. The third-order valence-electron chi connectivity index (χ3n) is 2.42. The Morgan fingerprint density at radius 1 is 1.33 bits per heavy atom. The van der Waals surface area contributed by atoms with Gasteiger partial charge in [0.25, 0.3) is 5.91 Å². The van der Waals surface area contributed by atoms with E-state index >= 15 is 0 Å². The Bertz CT molecular complexity index is 570. The number of aromatic nitrogens is 1.